The largest absolute Gasteiger partial charge is 0.492 e. The second-order valence-corrected chi connectivity index (χ2v) is 4.70. The topological polar surface area (TPSA) is 70.6 Å². The summed E-state index contributed by atoms with van der Waals surface area (Å²) in [7, 11) is 0. The minimum absolute atomic E-state index is 0.255. The number of benzene rings is 1. The Balaban J connectivity index is 2.14. The molecule has 0 heterocycles. The second-order valence-electron chi connectivity index (χ2n) is 4.70. The molecule has 5 nitrogen and oxygen atoms in total. The van der Waals surface area contributed by atoms with Crippen molar-refractivity contribution in [3.8, 4) is 5.75 Å². The molecule has 0 atom stereocenters. The van der Waals surface area contributed by atoms with Crippen LogP contribution in [0.25, 0.3) is 0 Å². The van der Waals surface area contributed by atoms with E-state index in [9.17, 15) is 9.90 Å². The Hall–Kier alpha value is -1.75. The molecule has 0 bridgehead atoms. The molecular formula is C15H24N2O3. The first-order chi connectivity index (χ1) is 9.59. The summed E-state index contributed by atoms with van der Waals surface area (Å²) in [4.78, 5) is 11.5. The Bertz CT molecular complexity index is 391. The van der Waals surface area contributed by atoms with Gasteiger partial charge in [-0.3, -0.25) is 0 Å². The van der Waals surface area contributed by atoms with Crippen LogP contribution in [0.2, 0.25) is 0 Å². The molecule has 0 aliphatic carbocycles. The average molecular weight is 280 g/mol. The zero-order valence-electron chi connectivity index (χ0n) is 12.2. The van der Waals surface area contributed by atoms with E-state index in [0.717, 1.165) is 5.75 Å². The van der Waals surface area contributed by atoms with E-state index in [2.05, 4.69) is 10.6 Å². The number of rotatable bonds is 8. The zero-order valence-corrected chi connectivity index (χ0v) is 12.2. The Kier molecular flexibility index (Phi) is 6.87. The summed E-state index contributed by atoms with van der Waals surface area (Å²) in [5, 5.41) is 15.4. The first-order valence-corrected chi connectivity index (χ1v) is 7.01. The monoisotopic (exact) mass is 280 g/mol. The summed E-state index contributed by atoms with van der Waals surface area (Å²) in [6.45, 7) is 4.87. The lowest BCUT2D eigenvalue weighted by atomic mass is 9.98. The van der Waals surface area contributed by atoms with Crippen LogP contribution in [0.15, 0.2) is 30.3 Å². The van der Waals surface area contributed by atoms with Crippen LogP contribution in [0.1, 0.15) is 26.7 Å². The highest BCUT2D eigenvalue weighted by Gasteiger charge is 2.22. The van der Waals surface area contributed by atoms with E-state index in [1.165, 1.54) is 0 Å². The summed E-state index contributed by atoms with van der Waals surface area (Å²) in [6, 6.07) is 9.14. The molecule has 0 radical (unpaired) electrons. The van der Waals surface area contributed by atoms with Crippen LogP contribution in [0.5, 0.6) is 5.75 Å². The molecule has 0 spiro atoms. The number of carbonyl (C=O) groups is 1. The number of hydrogen-bond acceptors (Lipinski definition) is 3. The molecular weight excluding hydrogens is 256 g/mol. The van der Waals surface area contributed by atoms with Gasteiger partial charge in [0.15, 0.2) is 0 Å². The first-order valence-electron chi connectivity index (χ1n) is 7.01. The molecule has 2 amide bonds. The third-order valence-electron chi connectivity index (χ3n) is 3.29. The molecule has 0 aliphatic heterocycles. The van der Waals surface area contributed by atoms with E-state index in [1.807, 2.05) is 44.2 Å². The molecule has 0 saturated carbocycles. The highest BCUT2D eigenvalue weighted by atomic mass is 16.5. The van der Waals surface area contributed by atoms with E-state index in [-0.39, 0.29) is 12.6 Å². The van der Waals surface area contributed by atoms with Gasteiger partial charge in [-0.05, 0) is 25.0 Å². The number of urea groups is 1. The molecule has 5 heteroatoms. The summed E-state index contributed by atoms with van der Waals surface area (Å²) in [6.07, 6.45) is 1.22. The number of nitrogens with one attached hydrogen (secondary N) is 2. The fourth-order valence-corrected chi connectivity index (χ4v) is 1.66. The Morgan fingerprint density at radius 3 is 2.45 bits per heavy atom. The number of ether oxygens (including phenoxy) is 1. The zero-order chi connectivity index (χ0) is 14.8. The van der Waals surface area contributed by atoms with Gasteiger partial charge in [-0.25, -0.2) is 4.79 Å². The van der Waals surface area contributed by atoms with Crippen molar-refractivity contribution >= 4 is 6.03 Å². The van der Waals surface area contributed by atoms with Gasteiger partial charge in [-0.2, -0.15) is 0 Å². The number of para-hydroxylation sites is 1. The Morgan fingerprint density at radius 2 is 1.85 bits per heavy atom. The Labute approximate surface area is 120 Å². The predicted molar refractivity (Wildman–Crippen MR) is 78.9 cm³/mol. The summed E-state index contributed by atoms with van der Waals surface area (Å²) in [5.74, 6) is 0.779. The van der Waals surface area contributed by atoms with Crippen molar-refractivity contribution in [3.63, 3.8) is 0 Å². The van der Waals surface area contributed by atoms with Crippen LogP contribution < -0.4 is 15.4 Å². The minimum Gasteiger partial charge on any atom is -0.492 e. The first kappa shape index (κ1) is 16.3. The standard InChI is InChI=1S/C15H24N2O3/c1-3-15(19,4-2)12-17-14(18)16-10-11-20-13-8-6-5-7-9-13/h5-9,19H,3-4,10-12H2,1-2H3,(H2,16,17,18). The minimum atomic E-state index is -0.822. The van der Waals surface area contributed by atoms with Crippen molar-refractivity contribution in [1.82, 2.24) is 10.6 Å². The SMILES string of the molecule is CCC(O)(CC)CNC(=O)NCCOc1ccccc1. The molecule has 112 valence electrons. The van der Waals surface area contributed by atoms with E-state index >= 15 is 0 Å². The molecule has 0 aliphatic rings. The molecule has 0 fully saturated rings. The number of hydrogen-bond donors (Lipinski definition) is 3. The highest BCUT2D eigenvalue weighted by Crippen LogP contribution is 2.12. The van der Waals surface area contributed by atoms with Gasteiger partial charge in [-0.15, -0.1) is 0 Å². The van der Waals surface area contributed by atoms with Crippen molar-refractivity contribution in [1.29, 1.82) is 0 Å². The fourth-order valence-electron chi connectivity index (χ4n) is 1.66. The van der Waals surface area contributed by atoms with Gasteiger partial charge in [0, 0.05) is 6.54 Å². The van der Waals surface area contributed by atoms with Crippen LogP contribution in [0, 0.1) is 0 Å². The van der Waals surface area contributed by atoms with Crippen molar-refractivity contribution in [3.05, 3.63) is 30.3 Å². The third kappa shape index (κ3) is 5.93. The van der Waals surface area contributed by atoms with Crippen LogP contribution in [0.4, 0.5) is 4.79 Å². The maximum absolute atomic E-state index is 11.5. The van der Waals surface area contributed by atoms with Crippen LogP contribution in [-0.4, -0.2) is 36.4 Å². The molecule has 3 N–H and O–H groups in total. The number of amides is 2. The van der Waals surface area contributed by atoms with Gasteiger partial charge in [0.05, 0.1) is 12.1 Å². The van der Waals surface area contributed by atoms with Gasteiger partial charge in [-0.1, -0.05) is 32.0 Å². The molecule has 20 heavy (non-hydrogen) atoms. The highest BCUT2D eigenvalue weighted by molar-refractivity contribution is 5.73. The third-order valence-corrected chi connectivity index (χ3v) is 3.29. The summed E-state index contributed by atoms with van der Waals surface area (Å²) in [5.41, 5.74) is -0.822. The van der Waals surface area contributed by atoms with E-state index in [1.54, 1.807) is 0 Å². The number of carbonyl (C=O) groups excluding carboxylic acids is 1. The number of aliphatic hydroxyl groups is 1. The maximum atomic E-state index is 11.5. The molecule has 1 aromatic rings. The van der Waals surface area contributed by atoms with Crippen molar-refractivity contribution < 1.29 is 14.6 Å². The smallest absolute Gasteiger partial charge is 0.315 e. The Morgan fingerprint density at radius 1 is 1.20 bits per heavy atom. The summed E-state index contributed by atoms with van der Waals surface area (Å²) >= 11 is 0. The van der Waals surface area contributed by atoms with E-state index in [0.29, 0.717) is 26.0 Å². The predicted octanol–water partition coefficient (Wildman–Crippen LogP) is 1.92. The van der Waals surface area contributed by atoms with Gasteiger partial charge < -0.3 is 20.5 Å². The molecule has 0 unspecified atom stereocenters. The lowest BCUT2D eigenvalue weighted by Gasteiger charge is -2.25. The normalized spacial score (nSPS) is 10.9. The lowest BCUT2D eigenvalue weighted by molar-refractivity contribution is 0.0349. The van der Waals surface area contributed by atoms with Gasteiger partial charge in [0.1, 0.15) is 12.4 Å². The quantitative estimate of drug-likeness (QED) is 0.637. The van der Waals surface area contributed by atoms with E-state index < -0.39 is 5.60 Å². The lowest BCUT2D eigenvalue weighted by Crippen LogP contribution is -2.46. The van der Waals surface area contributed by atoms with Crippen LogP contribution >= 0.6 is 0 Å². The molecule has 0 aromatic heterocycles. The van der Waals surface area contributed by atoms with Crippen LogP contribution in [-0.2, 0) is 0 Å². The molecule has 1 aromatic carbocycles. The molecule has 0 saturated heterocycles. The maximum Gasteiger partial charge on any atom is 0.315 e. The van der Waals surface area contributed by atoms with Crippen molar-refractivity contribution in [2.75, 3.05) is 19.7 Å². The summed E-state index contributed by atoms with van der Waals surface area (Å²) < 4.78 is 5.45. The van der Waals surface area contributed by atoms with Gasteiger partial charge >= 0.3 is 6.03 Å². The van der Waals surface area contributed by atoms with Gasteiger partial charge in [0.25, 0.3) is 0 Å². The van der Waals surface area contributed by atoms with Crippen LogP contribution in [0.3, 0.4) is 0 Å². The van der Waals surface area contributed by atoms with Gasteiger partial charge in [0.2, 0.25) is 0 Å². The van der Waals surface area contributed by atoms with E-state index in [4.69, 9.17) is 4.74 Å². The van der Waals surface area contributed by atoms with Crippen molar-refractivity contribution in [2.45, 2.75) is 32.3 Å². The van der Waals surface area contributed by atoms with Crippen molar-refractivity contribution in [2.24, 2.45) is 0 Å². The molecule has 1 rings (SSSR count). The average Bonchev–Trinajstić information content (AvgIpc) is 2.50. The second kappa shape index (κ2) is 8.43. The fraction of sp³-hybridized carbons (Fsp3) is 0.533.